The number of ether oxygens (including phenoxy) is 1. The molecule has 8 heteroatoms. The van der Waals surface area contributed by atoms with Gasteiger partial charge in [0.15, 0.2) is 18.1 Å². The van der Waals surface area contributed by atoms with Gasteiger partial charge >= 0.3 is 11.7 Å². The predicted molar refractivity (Wildman–Crippen MR) is 83.9 cm³/mol. The number of aliphatic carboxylic acids is 1. The van der Waals surface area contributed by atoms with Crippen LogP contribution in [-0.2, 0) is 4.79 Å². The highest BCUT2D eigenvalue weighted by atomic mass is 32.1. The molecule has 0 saturated heterocycles. The minimum absolute atomic E-state index is 0.140. The van der Waals surface area contributed by atoms with Gasteiger partial charge in [0.2, 0.25) is 0 Å². The first-order chi connectivity index (χ1) is 11.0. The molecule has 0 radical (unpaired) electrons. The van der Waals surface area contributed by atoms with E-state index in [2.05, 4.69) is 0 Å². The van der Waals surface area contributed by atoms with Crippen LogP contribution in [-0.4, -0.2) is 28.4 Å². The Morgan fingerprint density at radius 2 is 2.13 bits per heavy atom. The maximum absolute atomic E-state index is 11.8. The summed E-state index contributed by atoms with van der Waals surface area (Å²) in [5, 5.41) is 23.1. The van der Waals surface area contributed by atoms with Crippen molar-refractivity contribution in [1.29, 1.82) is 0 Å². The zero-order valence-corrected chi connectivity index (χ0v) is 12.5. The molecule has 0 unspecified atom stereocenters. The minimum Gasteiger partial charge on any atom is -0.479 e. The Labute approximate surface area is 134 Å². The third-order valence-electron chi connectivity index (χ3n) is 2.76. The molecule has 2 rings (SSSR count). The summed E-state index contributed by atoms with van der Waals surface area (Å²) >= 11 is 1.40. The molecule has 2 aromatic rings. The van der Waals surface area contributed by atoms with Gasteiger partial charge in [0.25, 0.3) is 0 Å². The van der Waals surface area contributed by atoms with Crippen molar-refractivity contribution in [2.24, 2.45) is 0 Å². The number of thiophene rings is 1. The van der Waals surface area contributed by atoms with E-state index in [1.54, 1.807) is 16.8 Å². The standard InChI is InChI=1S/C15H11NO6S/c17-13(11-5-6-23-9-11)3-1-10-2-4-14(22-8-15(18)19)12(7-10)16(20)21/h1-7,9H,8H2,(H,18,19)/b3-1+. The van der Waals surface area contributed by atoms with Gasteiger partial charge in [0, 0.05) is 17.0 Å². The van der Waals surface area contributed by atoms with Crippen molar-refractivity contribution < 1.29 is 24.4 Å². The van der Waals surface area contributed by atoms with Crippen molar-refractivity contribution in [2.45, 2.75) is 0 Å². The van der Waals surface area contributed by atoms with Gasteiger partial charge in [-0.2, -0.15) is 11.3 Å². The number of carbonyl (C=O) groups excluding carboxylic acids is 1. The van der Waals surface area contributed by atoms with Gasteiger partial charge in [0.05, 0.1) is 4.92 Å². The molecule has 0 fully saturated rings. The maximum Gasteiger partial charge on any atom is 0.341 e. The molecule has 0 bridgehead atoms. The maximum atomic E-state index is 11.8. The average Bonchev–Trinajstić information content (AvgIpc) is 3.05. The molecule has 0 aliphatic rings. The lowest BCUT2D eigenvalue weighted by atomic mass is 10.1. The number of carboxylic acids is 1. The zero-order valence-electron chi connectivity index (χ0n) is 11.7. The van der Waals surface area contributed by atoms with Gasteiger partial charge < -0.3 is 9.84 Å². The number of hydrogen-bond acceptors (Lipinski definition) is 6. The van der Waals surface area contributed by atoms with Gasteiger partial charge in [-0.15, -0.1) is 0 Å². The average molecular weight is 333 g/mol. The van der Waals surface area contributed by atoms with Crippen LogP contribution in [0.25, 0.3) is 6.08 Å². The second kappa shape index (κ2) is 7.32. The highest BCUT2D eigenvalue weighted by molar-refractivity contribution is 7.08. The molecule has 0 aliphatic heterocycles. The van der Waals surface area contributed by atoms with E-state index in [4.69, 9.17) is 9.84 Å². The molecule has 0 aliphatic carbocycles. The summed E-state index contributed by atoms with van der Waals surface area (Å²) in [5.41, 5.74) is 0.612. The molecule has 0 saturated carbocycles. The normalized spacial score (nSPS) is 10.6. The first-order valence-corrected chi connectivity index (χ1v) is 7.29. The van der Waals surface area contributed by atoms with E-state index in [-0.39, 0.29) is 17.2 Å². The summed E-state index contributed by atoms with van der Waals surface area (Å²) in [6.07, 6.45) is 2.77. The molecule has 7 nitrogen and oxygen atoms in total. The molecule has 118 valence electrons. The lowest BCUT2D eigenvalue weighted by molar-refractivity contribution is -0.385. The van der Waals surface area contributed by atoms with Crippen LogP contribution in [0.3, 0.4) is 0 Å². The lowest BCUT2D eigenvalue weighted by Crippen LogP contribution is -2.10. The number of carboxylic acid groups (broad SMARTS) is 1. The minimum atomic E-state index is -1.23. The van der Waals surface area contributed by atoms with Crippen molar-refractivity contribution in [3.05, 3.63) is 62.3 Å². The smallest absolute Gasteiger partial charge is 0.341 e. The van der Waals surface area contributed by atoms with E-state index in [0.717, 1.165) is 0 Å². The number of nitro groups is 1. The Morgan fingerprint density at radius 1 is 1.35 bits per heavy atom. The molecular formula is C15H11NO6S. The molecule has 23 heavy (non-hydrogen) atoms. The quantitative estimate of drug-likeness (QED) is 0.361. The Balaban J connectivity index is 2.20. The number of rotatable bonds is 7. The molecule has 1 aromatic carbocycles. The lowest BCUT2D eigenvalue weighted by Gasteiger charge is -2.04. The van der Waals surface area contributed by atoms with Crippen LogP contribution in [0.2, 0.25) is 0 Å². The van der Waals surface area contributed by atoms with Gasteiger partial charge in [-0.3, -0.25) is 14.9 Å². The number of carbonyl (C=O) groups is 2. The Bertz CT molecular complexity index is 766. The van der Waals surface area contributed by atoms with E-state index >= 15 is 0 Å². The zero-order chi connectivity index (χ0) is 16.8. The van der Waals surface area contributed by atoms with Crippen LogP contribution in [0.5, 0.6) is 5.75 Å². The van der Waals surface area contributed by atoms with Crippen molar-refractivity contribution in [2.75, 3.05) is 6.61 Å². The van der Waals surface area contributed by atoms with Crippen LogP contribution in [0.15, 0.2) is 41.1 Å². The molecule has 0 spiro atoms. The van der Waals surface area contributed by atoms with Crippen molar-refractivity contribution in [3.8, 4) is 5.75 Å². The first kappa shape index (κ1) is 16.4. The fraction of sp³-hybridized carbons (Fsp3) is 0.0667. The molecule has 0 atom stereocenters. The van der Waals surface area contributed by atoms with Gasteiger partial charge in [-0.1, -0.05) is 12.1 Å². The molecule has 1 aromatic heterocycles. The number of nitrogens with zero attached hydrogens (tertiary/aromatic N) is 1. The summed E-state index contributed by atoms with van der Waals surface area (Å²) in [4.78, 5) is 32.7. The van der Waals surface area contributed by atoms with Crippen LogP contribution in [0, 0.1) is 10.1 Å². The predicted octanol–water partition coefficient (Wildman–Crippen LogP) is 3.02. The van der Waals surface area contributed by atoms with Crippen molar-refractivity contribution in [3.63, 3.8) is 0 Å². The highest BCUT2D eigenvalue weighted by Gasteiger charge is 2.16. The van der Waals surface area contributed by atoms with Crippen molar-refractivity contribution in [1.82, 2.24) is 0 Å². The number of nitro benzene ring substituents is 1. The summed E-state index contributed by atoms with van der Waals surface area (Å²) in [7, 11) is 0. The van der Waals surface area contributed by atoms with Gasteiger partial charge in [0.1, 0.15) is 0 Å². The Morgan fingerprint density at radius 3 is 2.74 bits per heavy atom. The molecule has 1 heterocycles. The van der Waals surface area contributed by atoms with Crippen molar-refractivity contribution >= 4 is 34.9 Å². The van der Waals surface area contributed by atoms with Gasteiger partial charge in [-0.05, 0) is 29.2 Å². The highest BCUT2D eigenvalue weighted by Crippen LogP contribution is 2.28. The van der Waals surface area contributed by atoms with E-state index in [0.29, 0.717) is 11.1 Å². The topological polar surface area (TPSA) is 107 Å². The summed E-state index contributed by atoms with van der Waals surface area (Å²) in [6, 6.07) is 5.70. The monoisotopic (exact) mass is 333 g/mol. The van der Waals surface area contributed by atoms with Crippen LogP contribution in [0.1, 0.15) is 15.9 Å². The van der Waals surface area contributed by atoms with Crippen LogP contribution in [0.4, 0.5) is 5.69 Å². The third kappa shape index (κ3) is 4.48. The Hall–Kier alpha value is -3.00. The largest absolute Gasteiger partial charge is 0.479 e. The van der Waals surface area contributed by atoms with Crippen LogP contribution < -0.4 is 4.74 Å². The summed E-state index contributed by atoms with van der Waals surface area (Å²) < 4.78 is 4.87. The number of hydrogen-bond donors (Lipinski definition) is 1. The van der Waals surface area contributed by atoms with E-state index in [1.165, 1.54) is 41.7 Å². The SMILES string of the molecule is O=C(O)COc1ccc(/C=C/C(=O)c2ccsc2)cc1[N+](=O)[O-]. The number of ketones is 1. The Kier molecular flexibility index (Phi) is 5.21. The van der Waals surface area contributed by atoms with E-state index in [1.807, 2.05) is 0 Å². The molecule has 1 N–H and O–H groups in total. The second-order valence-corrected chi connectivity index (χ2v) is 5.16. The molecule has 0 amide bonds. The fourth-order valence-corrected chi connectivity index (χ4v) is 2.36. The summed E-state index contributed by atoms with van der Waals surface area (Å²) in [5.74, 6) is -1.58. The number of allylic oxidation sites excluding steroid dienone is 1. The third-order valence-corrected chi connectivity index (χ3v) is 3.45. The van der Waals surface area contributed by atoms with Gasteiger partial charge in [-0.25, -0.2) is 4.79 Å². The second-order valence-electron chi connectivity index (χ2n) is 4.38. The van der Waals surface area contributed by atoms with Crippen LogP contribution >= 0.6 is 11.3 Å². The first-order valence-electron chi connectivity index (χ1n) is 6.35. The van der Waals surface area contributed by atoms with E-state index in [9.17, 15) is 19.7 Å². The fourth-order valence-electron chi connectivity index (χ4n) is 1.72. The number of benzene rings is 1. The van der Waals surface area contributed by atoms with E-state index < -0.39 is 17.5 Å². The summed E-state index contributed by atoms with van der Waals surface area (Å²) in [6.45, 7) is -0.674. The molecular weight excluding hydrogens is 322 g/mol.